The van der Waals surface area contributed by atoms with Crippen LogP contribution < -0.4 is 16.0 Å². The van der Waals surface area contributed by atoms with Gasteiger partial charge in [0.25, 0.3) is 0 Å². The van der Waals surface area contributed by atoms with Crippen LogP contribution >= 0.6 is 0 Å². The molecule has 0 saturated carbocycles. The Morgan fingerprint density at radius 2 is 1.75 bits per heavy atom. The molecule has 5 heteroatoms. The first-order valence-corrected chi connectivity index (χ1v) is 6.85. The van der Waals surface area contributed by atoms with Gasteiger partial charge in [-0.3, -0.25) is 0 Å². The van der Waals surface area contributed by atoms with E-state index in [-0.39, 0.29) is 0 Å². The summed E-state index contributed by atoms with van der Waals surface area (Å²) in [4.78, 5) is 11.1. The summed E-state index contributed by atoms with van der Waals surface area (Å²) in [5.41, 5.74) is 7.39. The summed E-state index contributed by atoms with van der Waals surface area (Å²) in [5, 5.41) is 3.28. The maximum Gasteiger partial charge on any atom is 0.136 e. The van der Waals surface area contributed by atoms with Crippen molar-refractivity contribution >= 4 is 23.0 Å². The maximum absolute atomic E-state index is 5.68. The Kier molecular flexibility index (Phi) is 4.40. The minimum absolute atomic E-state index is 0.748. The van der Waals surface area contributed by atoms with Gasteiger partial charge in [0.05, 0.1) is 0 Å². The van der Waals surface area contributed by atoms with E-state index < -0.39 is 0 Å². The average molecular weight is 271 g/mol. The molecular weight excluding hydrogens is 250 g/mol. The molecule has 20 heavy (non-hydrogen) atoms. The zero-order valence-electron chi connectivity index (χ0n) is 12.2. The van der Waals surface area contributed by atoms with Crippen LogP contribution in [0.3, 0.4) is 0 Å². The van der Waals surface area contributed by atoms with Crippen molar-refractivity contribution in [2.24, 2.45) is 0 Å². The second kappa shape index (κ2) is 6.23. The fourth-order valence-electron chi connectivity index (χ4n) is 2.04. The van der Waals surface area contributed by atoms with E-state index >= 15 is 0 Å². The van der Waals surface area contributed by atoms with Crippen LogP contribution in [0.25, 0.3) is 0 Å². The molecule has 1 aromatic carbocycles. The lowest BCUT2D eigenvalue weighted by Gasteiger charge is -2.20. The standard InChI is InChI=1S/C15H21N5/c1-4-20(5-2)15-10-14(17-11(3)18-15)19-13-8-6-12(16)7-9-13/h6-10H,4-5,16H2,1-3H3,(H,17,18,19). The van der Waals surface area contributed by atoms with Crippen LogP contribution in [-0.4, -0.2) is 23.1 Å². The fraction of sp³-hybridized carbons (Fsp3) is 0.333. The van der Waals surface area contributed by atoms with Crippen molar-refractivity contribution in [1.29, 1.82) is 0 Å². The van der Waals surface area contributed by atoms with Crippen LogP contribution in [0.2, 0.25) is 0 Å². The molecule has 0 aliphatic rings. The van der Waals surface area contributed by atoms with Crippen molar-refractivity contribution in [2.45, 2.75) is 20.8 Å². The monoisotopic (exact) mass is 271 g/mol. The first-order chi connectivity index (χ1) is 9.62. The van der Waals surface area contributed by atoms with E-state index in [1.807, 2.05) is 37.3 Å². The van der Waals surface area contributed by atoms with Gasteiger partial charge in [-0.05, 0) is 45.0 Å². The predicted octanol–water partition coefficient (Wildman–Crippen LogP) is 2.96. The van der Waals surface area contributed by atoms with Gasteiger partial charge in [-0.2, -0.15) is 0 Å². The Balaban J connectivity index is 2.25. The van der Waals surface area contributed by atoms with E-state index in [0.29, 0.717) is 0 Å². The molecular formula is C15H21N5. The van der Waals surface area contributed by atoms with Crippen molar-refractivity contribution in [2.75, 3.05) is 29.0 Å². The molecule has 2 rings (SSSR count). The number of hydrogen-bond acceptors (Lipinski definition) is 5. The van der Waals surface area contributed by atoms with Gasteiger partial charge in [-0.25, -0.2) is 9.97 Å². The molecule has 0 unspecified atom stereocenters. The second-order valence-electron chi connectivity index (χ2n) is 4.58. The first-order valence-electron chi connectivity index (χ1n) is 6.85. The summed E-state index contributed by atoms with van der Waals surface area (Å²) in [7, 11) is 0. The topological polar surface area (TPSA) is 67.1 Å². The molecule has 0 aliphatic heterocycles. The van der Waals surface area contributed by atoms with Gasteiger partial charge in [-0.15, -0.1) is 0 Å². The van der Waals surface area contributed by atoms with Gasteiger partial charge in [0.2, 0.25) is 0 Å². The van der Waals surface area contributed by atoms with Gasteiger partial charge in [0, 0.05) is 30.5 Å². The molecule has 5 nitrogen and oxygen atoms in total. The first kappa shape index (κ1) is 14.1. The lowest BCUT2D eigenvalue weighted by atomic mass is 10.3. The SMILES string of the molecule is CCN(CC)c1cc(Nc2ccc(N)cc2)nc(C)n1. The Morgan fingerprint density at radius 3 is 2.35 bits per heavy atom. The number of rotatable bonds is 5. The lowest BCUT2D eigenvalue weighted by Crippen LogP contribution is -2.23. The summed E-state index contributed by atoms with van der Waals surface area (Å²) in [6.45, 7) is 7.99. The number of nitrogens with two attached hydrogens (primary N) is 1. The number of nitrogens with one attached hydrogen (secondary N) is 1. The van der Waals surface area contributed by atoms with Crippen LogP contribution in [-0.2, 0) is 0 Å². The number of nitrogen functional groups attached to an aromatic ring is 1. The normalized spacial score (nSPS) is 10.3. The molecule has 0 spiro atoms. The molecule has 0 fully saturated rings. The number of hydrogen-bond donors (Lipinski definition) is 2. The van der Waals surface area contributed by atoms with E-state index in [0.717, 1.165) is 41.9 Å². The van der Waals surface area contributed by atoms with E-state index in [1.54, 1.807) is 0 Å². The maximum atomic E-state index is 5.68. The van der Waals surface area contributed by atoms with Crippen molar-refractivity contribution in [1.82, 2.24) is 9.97 Å². The molecule has 0 bridgehead atoms. The van der Waals surface area contributed by atoms with Gasteiger partial charge in [-0.1, -0.05) is 0 Å². The number of anilines is 4. The highest BCUT2D eigenvalue weighted by atomic mass is 15.2. The highest BCUT2D eigenvalue weighted by Crippen LogP contribution is 2.20. The number of benzene rings is 1. The summed E-state index contributed by atoms with van der Waals surface area (Å²) < 4.78 is 0. The molecule has 1 heterocycles. The molecule has 106 valence electrons. The van der Waals surface area contributed by atoms with Crippen LogP contribution in [0.15, 0.2) is 30.3 Å². The summed E-state index contributed by atoms with van der Waals surface area (Å²) >= 11 is 0. The van der Waals surface area contributed by atoms with Crippen molar-refractivity contribution in [3.8, 4) is 0 Å². The molecule has 1 aromatic heterocycles. The zero-order valence-corrected chi connectivity index (χ0v) is 12.2. The Labute approximate surface area is 119 Å². The average Bonchev–Trinajstić information content (AvgIpc) is 2.42. The van der Waals surface area contributed by atoms with Crippen molar-refractivity contribution in [3.63, 3.8) is 0 Å². The third-order valence-corrected chi connectivity index (χ3v) is 3.09. The minimum atomic E-state index is 0.748. The highest BCUT2D eigenvalue weighted by molar-refractivity contribution is 5.61. The Morgan fingerprint density at radius 1 is 1.10 bits per heavy atom. The summed E-state index contributed by atoms with van der Waals surface area (Å²) in [6.07, 6.45) is 0. The van der Waals surface area contributed by atoms with E-state index in [4.69, 9.17) is 5.73 Å². The molecule has 0 amide bonds. The van der Waals surface area contributed by atoms with Gasteiger partial charge >= 0.3 is 0 Å². The predicted molar refractivity (Wildman–Crippen MR) is 84.5 cm³/mol. The molecule has 0 saturated heterocycles. The molecule has 0 atom stereocenters. The third kappa shape index (κ3) is 3.38. The Bertz CT molecular complexity index is 561. The highest BCUT2D eigenvalue weighted by Gasteiger charge is 2.07. The lowest BCUT2D eigenvalue weighted by molar-refractivity contribution is 0.835. The third-order valence-electron chi connectivity index (χ3n) is 3.09. The number of aryl methyl sites for hydroxylation is 1. The zero-order chi connectivity index (χ0) is 14.5. The molecule has 2 aromatic rings. The summed E-state index contributed by atoms with van der Waals surface area (Å²) in [6, 6.07) is 9.56. The van der Waals surface area contributed by atoms with Crippen LogP contribution in [0.5, 0.6) is 0 Å². The van der Waals surface area contributed by atoms with Crippen molar-refractivity contribution < 1.29 is 0 Å². The fourth-order valence-corrected chi connectivity index (χ4v) is 2.04. The molecule has 3 N–H and O–H groups in total. The quantitative estimate of drug-likeness (QED) is 0.818. The van der Waals surface area contributed by atoms with Crippen LogP contribution in [0, 0.1) is 6.92 Å². The second-order valence-corrected chi connectivity index (χ2v) is 4.58. The number of nitrogens with zero attached hydrogens (tertiary/aromatic N) is 3. The summed E-state index contributed by atoms with van der Waals surface area (Å²) in [5.74, 6) is 2.50. The van der Waals surface area contributed by atoms with E-state index in [1.165, 1.54) is 0 Å². The van der Waals surface area contributed by atoms with Gasteiger partial charge in [0.1, 0.15) is 17.5 Å². The van der Waals surface area contributed by atoms with Crippen LogP contribution in [0.1, 0.15) is 19.7 Å². The van der Waals surface area contributed by atoms with Crippen LogP contribution in [0.4, 0.5) is 23.0 Å². The van der Waals surface area contributed by atoms with Crippen molar-refractivity contribution in [3.05, 3.63) is 36.2 Å². The van der Waals surface area contributed by atoms with Gasteiger partial charge < -0.3 is 16.0 Å². The van der Waals surface area contributed by atoms with E-state index in [9.17, 15) is 0 Å². The Hall–Kier alpha value is -2.30. The van der Waals surface area contributed by atoms with E-state index in [2.05, 4.69) is 34.0 Å². The molecule has 0 radical (unpaired) electrons. The largest absolute Gasteiger partial charge is 0.399 e. The number of aromatic nitrogens is 2. The molecule has 0 aliphatic carbocycles. The van der Waals surface area contributed by atoms with Gasteiger partial charge in [0.15, 0.2) is 0 Å². The smallest absolute Gasteiger partial charge is 0.136 e. The minimum Gasteiger partial charge on any atom is -0.399 e.